The lowest BCUT2D eigenvalue weighted by atomic mass is 9.60. The molecule has 3 rings (SSSR count). The van der Waals surface area contributed by atoms with Gasteiger partial charge in [-0.2, -0.15) is 0 Å². The summed E-state index contributed by atoms with van der Waals surface area (Å²) in [6.45, 7) is 0. The molecule has 0 amide bonds. The molecule has 0 aromatic rings. The van der Waals surface area contributed by atoms with Crippen LogP contribution < -0.4 is 0 Å². The topological polar surface area (TPSA) is 34.1 Å². The summed E-state index contributed by atoms with van der Waals surface area (Å²) in [5.41, 5.74) is -0.581. The molecule has 1 heterocycles. The van der Waals surface area contributed by atoms with Gasteiger partial charge in [-0.1, -0.05) is 43.6 Å². The maximum Gasteiger partial charge on any atom is 0.168 e. The minimum atomic E-state index is -3.16. The molecule has 0 aromatic carbocycles. The van der Waals surface area contributed by atoms with Gasteiger partial charge in [0.05, 0.1) is 5.75 Å². The zero-order chi connectivity index (χ0) is 12.1. The van der Waals surface area contributed by atoms with Gasteiger partial charge in [0.15, 0.2) is 9.84 Å². The van der Waals surface area contributed by atoms with E-state index < -0.39 is 14.5 Å². The fourth-order valence-electron chi connectivity index (χ4n) is 3.89. The van der Waals surface area contributed by atoms with Gasteiger partial charge in [-0.25, -0.2) is 8.42 Å². The Bertz CT molecular complexity index is 494. The first kappa shape index (κ1) is 11.8. The highest BCUT2D eigenvalue weighted by Crippen LogP contribution is 2.62. The molecule has 0 radical (unpaired) electrons. The predicted octanol–water partition coefficient (Wildman–Crippen LogP) is 3.04. The number of alkyl halides is 1. The van der Waals surface area contributed by atoms with E-state index in [9.17, 15) is 8.42 Å². The number of rotatable bonds is 0. The van der Waals surface area contributed by atoms with E-state index in [1.165, 1.54) is 6.42 Å². The molecule has 4 heteroatoms. The lowest BCUT2D eigenvalue weighted by molar-refractivity contribution is 0.181. The summed E-state index contributed by atoms with van der Waals surface area (Å²) in [5.74, 6) is 0.231. The molecule has 94 valence electrons. The maximum atomic E-state index is 12.2. The first-order valence-electron chi connectivity index (χ1n) is 6.25. The molecule has 1 aliphatic heterocycles. The Morgan fingerprint density at radius 3 is 2.59 bits per heavy atom. The molecule has 1 saturated heterocycles. The molecule has 0 N–H and O–H groups in total. The van der Waals surface area contributed by atoms with Gasteiger partial charge < -0.3 is 0 Å². The highest BCUT2D eigenvalue weighted by Gasteiger charge is 2.64. The molecule has 0 spiro atoms. The third-order valence-electron chi connectivity index (χ3n) is 4.74. The Morgan fingerprint density at radius 2 is 1.76 bits per heavy atom. The molecular formula is C13H17ClO2S. The Labute approximate surface area is 108 Å². The molecule has 2 fully saturated rings. The molecule has 2 aliphatic carbocycles. The van der Waals surface area contributed by atoms with Crippen molar-refractivity contribution < 1.29 is 8.42 Å². The van der Waals surface area contributed by atoms with Gasteiger partial charge in [-0.15, -0.1) is 11.6 Å². The summed E-state index contributed by atoms with van der Waals surface area (Å²) in [7, 11) is -3.16. The second-order valence-electron chi connectivity index (χ2n) is 5.60. The monoisotopic (exact) mass is 272 g/mol. The largest absolute Gasteiger partial charge is 0.227 e. The van der Waals surface area contributed by atoms with Crippen molar-refractivity contribution in [1.29, 1.82) is 0 Å². The van der Waals surface area contributed by atoms with E-state index in [1.54, 1.807) is 0 Å². The average molecular weight is 273 g/mol. The van der Waals surface area contributed by atoms with Gasteiger partial charge in [0.1, 0.15) is 4.71 Å². The van der Waals surface area contributed by atoms with Crippen molar-refractivity contribution in [2.75, 3.05) is 5.75 Å². The van der Waals surface area contributed by atoms with Crippen molar-refractivity contribution in [2.24, 2.45) is 10.8 Å². The molecule has 17 heavy (non-hydrogen) atoms. The van der Waals surface area contributed by atoms with E-state index in [0.29, 0.717) is 0 Å². The summed E-state index contributed by atoms with van der Waals surface area (Å²) in [6, 6.07) is 0. The molecule has 0 bridgehead atoms. The van der Waals surface area contributed by atoms with Crippen molar-refractivity contribution in [2.45, 2.75) is 36.8 Å². The van der Waals surface area contributed by atoms with Crippen molar-refractivity contribution in [3.05, 3.63) is 24.3 Å². The zero-order valence-corrected chi connectivity index (χ0v) is 11.3. The number of halogens is 1. The number of allylic oxidation sites excluding steroid dienone is 4. The molecule has 0 aromatic heterocycles. The van der Waals surface area contributed by atoms with Gasteiger partial charge in [0, 0.05) is 10.8 Å². The lowest BCUT2D eigenvalue weighted by Gasteiger charge is -2.43. The van der Waals surface area contributed by atoms with Gasteiger partial charge in [0.2, 0.25) is 0 Å². The Morgan fingerprint density at radius 1 is 1.06 bits per heavy atom. The Balaban J connectivity index is 2.21. The molecular weight excluding hydrogens is 256 g/mol. The molecule has 3 atom stereocenters. The smallest absolute Gasteiger partial charge is 0.168 e. The van der Waals surface area contributed by atoms with Crippen LogP contribution in [0.15, 0.2) is 24.3 Å². The SMILES string of the molecule is O=S1(=O)C[C@@]23C=CC=C[C@]2(CCCCC3)[C@H]1Cl. The van der Waals surface area contributed by atoms with Crippen LogP contribution in [0, 0.1) is 10.8 Å². The van der Waals surface area contributed by atoms with E-state index in [-0.39, 0.29) is 16.6 Å². The number of hydrogen-bond donors (Lipinski definition) is 0. The van der Waals surface area contributed by atoms with Gasteiger partial charge >= 0.3 is 0 Å². The molecule has 2 nitrogen and oxygen atoms in total. The molecule has 1 saturated carbocycles. The van der Waals surface area contributed by atoms with Crippen molar-refractivity contribution in [3.63, 3.8) is 0 Å². The summed E-state index contributed by atoms with van der Waals surface area (Å²) in [5, 5.41) is 0. The summed E-state index contributed by atoms with van der Waals surface area (Å²) < 4.78 is 23.7. The highest BCUT2D eigenvalue weighted by atomic mass is 35.5. The number of hydrogen-bond acceptors (Lipinski definition) is 2. The minimum Gasteiger partial charge on any atom is -0.227 e. The van der Waals surface area contributed by atoms with Crippen LogP contribution in [0.25, 0.3) is 0 Å². The second-order valence-corrected chi connectivity index (χ2v) is 8.38. The van der Waals surface area contributed by atoms with E-state index in [2.05, 4.69) is 12.2 Å². The Hall–Kier alpha value is -0.280. The third kappa shape index (κ3) is 1.42. The van der Waals surface area contributed by atoms with Crippen LogP contribution in [0.5, 0.6) is 0 Å². The quantitative estimate of drug-likeness (QED) is 0.635. The van der Waals surface area contributed by atoms with Gasteiger partial charge in [-0.3, -0.25) is 0 Å². The fourth-order valence-corrected chi connectivity index (χ4v) is 6.93. The minimum absolute atomic E-state index is 0.231. The van der Waals surface area contributed by atoms with Crippen LogP contribution >= 0.6 is 11.6 Å². The normalized spacial score (nSPS) is 47.2. The van der Waals surface area contributed by atoms with Crippen LogP contribution in [0.4, 0.5) is 0 Å². The van der Waals surface area contributed by atoms with Gasteiger partial charge in [-0.05, 0) is 12.8 Å². The summed E-state index contributed by atoms with van der Waals surface area (Å²) in [4.78, 5) is 0. The van der Waals surface area contributed by atoms with Crippen LogP contribution in [0.1, 0.15) is 32.1 Å². The van der Waals surface area contributed by atoms with Crippen LogP contribution in [0.2, 0.25) is 0 Å². The van der Waals surface area contributed by atoms with Crippen molar-refractivity contribution in [1.82, 2.24) is 0 Å². The van der Waals surface area contributed by atoms with Gasteiger partial charge in [0.25, 0.3) is 0 Å². The fraction of sp³-hybridized carbons (Fsp3) is 0.692. The standard InChI is InChI=1S/C13H17ClO2S/c14-11-13-8-3-1-2-6-12(13,7-4-5-9-13)10-17(11,15)16/h4-5,7,9,11H,1-3,6,8,10H2/t11-,12+,13+/m0/s1. The van der Waals surface area contributed by atoms with Crippen LogP contribution in [-0.4, -0.2) is 18.9 Å². The summed E-state index contributed by atoms with van der Waals surface area (Å²) in [6.07, 6.45) is 13.4. The second kappa shape index (κ2) is 3.61. The lowest BCUT2D eigenvalue weighted by Crippen LogP contribution is -2.41. The van der Waals surface area contributed by atoms with E-state index in [4.69, 9.17) is 11.6 Å². The van der Waals surface area contributed by atoms with Crippen LogP contribution in [-0.2, 0) is 9.84 Å². The van der Waals surface area contributed by atoms with Crippen LogP contribution in [0.3, 0.4) is 0 Å². The average Bonchev–Trinajstić information content (AvgIpc) is 2.43. The van der Waals surface area contributed by atoms with Crippen molar-refractivity contribution in [3.8, 4) is 0 Å². The predicted molar refractivity (Wildman–Crippen MR) is 69.7 cm³/mol. The first-order valence-corrected chi connectivity index (χ1v) is 8.40. The Kier molecular flexibility index (Phi) is 2.50. The van der Waals surface area contributed by atoms with E-state index >= 15 is 0 Å². The zero-order valence-electron chi connectivity index (χ0n) is 9.73. The van der Waals surface area contributed by atoms with E-state index in [1.807, 2.05) is 12.2 Å². The highest BCUT2D eigenvalue weighted by molar-refractivity contribution is 7.93. The molecule has 3 aliphatic rings. The number of sulfone groups is 1. The third-order valence-corrected chi connectivity index (χ3v) is 7.91. The van der Waals surface area contributed by atoms with Crippen molar-refractivity contribution >= 4 is 21.4 Å². The van der Waals surface area contributed by atoms with E-state index in [0.717, 1.165) is 25.7 Å². The summed E-state index contributed by atoms with van der Waals surface area (Å²) >= 11 is 6.34. The first-order chi connectivity index (χ1) is 8.03. The maximum absolute atomic E-state index is 12.2. The molecule has 0 unspecified atom stereocenters.